The fourth-order valence-electron chi connectivity index (χ4n) is 1.84. The number of nitrogen functional groups attached to an aromatic ring is 1. The van der Waals surface area contributed by atoms with Crippen molar-refractivity contribution in [3.63, 3.8) is 0 Å². The summed E-state index contributed by atoms with van der Waals surface area (Å²) < 4.78 is 0. The van der Waals surface area contributed by atoms with E-state index in [2.05, 4.69) is 15.2 Å². The first-order valence-corrected chi connectivity index (χ1v) is 4.74. The van der Waals surface area contributed by atoms with Gasteiger partial charge in [-0.1, -0.05) is 12.2 Å². The van der Waals surface area contributed by atoms with E-state index in [-0.39, 0.29) is 11.9 Å². The quantitative estimate of drug-likeness (QED) is 0.614. The molecule has 1 aromatic rings. The molecule has 4 N–H and O–H groups in total. The van der Waals surface area contributed by atoms with Gasteiger partial charge in [0.25, 0.3) is 0 Å². The van der Waals surface area contributed by atoms with Crippen molar-refractivity contribution in [3.05, 3.63) is 18.0 Å². The summed E-state index contributed by atoms with van der Waals surface area (Å²) in [5.41, 5.74) is 5.39. The highest BCUT2D eigenvalue weighted by molar-refractivity contribution is 5.71. The number of aliphatic carboxylic acids is 1. The van der Waals surface area contributed by atoms with Crippen LogP contribution in [0.15, 0.2) is 12.2 Å². The van der Waals surface area contributed by atoms with E-state index < -0.39 is 11.9 Å². The number of nitrogens with zero attached hydrogens (tertiary/aromatic N) is 2. The van der Waals surface area contributed by atoms with Crippen LogP contribution in [0.5, 0.6) is 0 Å². The molecule has 15 heavy (non-hydrogen) atoms. The minimum Gasteiger partial charge on any atom is -0.481 e. The van der Waals surface area contributed by atoms with Gasteiger partial charge in [0.05, 0.1) is 5.92 Å². The molecular formula is C9H12N4O2. The Kier molecular flexibility index (Phi) is 2.40. The number of nitrogens with two attached hydrogens (primary N) is 1. The van der Waals surface area contributed by atoms with E-state index in [9.17, 15) is 4.79 Å². The predicted molar refractivity (Wildman–Crippen MR) is 53.0 cm³/mol. The highest BCUT2D eigenvalue weighted by Gasteiger charge is 2.31. The van der Waals surface area contributed by atoms with Gasteiger partial charge < -0.3 is 10.8 Å². The molecule has 0 fully saturated rings. The molecule has 0 spiro atoms. The van der Waals surface area contributed by atoms with Crippen LogP contribution in [0.2, 0.25) is 0 Å². The Bertz CT molecular complexity index is 399. The summed E-state index contributed by atoms with van der Waals surface area (Å²) in [5, 5.41) is 15.4. The lowest BCUT2D eigenvalue weighted by molar-refractivity contribution is -0.142. The second-order valence-electron chi connectivity index (χ2n) is 3.57. The average molecular weight is 208 g/mol. The van der Waals surface area contributed by atoms with Crippen molar-refractivity contribution in [3.8, 4) is 0 Å². The second-order valence-corrected chi connectivity index (χ2v) is 3.57. The van der Waals surface area contributed by atoms with Gasteiger partial charge in [0.1, 0.15) is 5.82 Å². The minimum absolute atomic E-state index is 0.155. The highest BCUT2D eigenvalue weighted by Crippen LogP contribution is 2.32. The topological polar surface area (TPSA) is 105 Å². The molecule has 0 amide bonds. The molecule has 0 saturated heterocycles. The third-order valence-electron chi connectivity index (χ3n) is 2.62. The fraction of sp³-hybridized carbons (Fsp3) is 0.444. The molecule has 0 aromatic carbocycles. The molecule has 0 aliphatic heterocycles. The first-order chi connectivity index (χ1) is 7.18. The minimum atomic E-state index is -0.806. The van der Waals surface area contributed by atoms with E-state index in [0.717, 1.165) is 0 Å². The van der Waals surface area contributed by atoms with Gasteiger partial charge in [0.15, 0.2) is 0 Å². The molecule has 2 unspecified atom stereocenters. The lowest BCUT2D eigenvalue weighted by Gasteiger charge is -2.22. The number of hydrogen-bond donors (Lipinski definition) is 3. The van der Waals surface area contributed by atoms with Crippen LogP contribution in [-0.2, 0) is 4.79 Å². The summed E-state index contributed by atoms with van der Waals surface area (Å²) in [4.78, 5) is 15.0. The number of carboxylic acids is 1. The lowest BCUT2D eigenvalue weighted by atomic mass is 9.82. The van der Waals surface area contributed by atoms with Crippen molar-refractivity contribution in [2.45, 2.75) is 18.8 Å². The summed E-state index contributed by atoms with van der Waals surface area (Å²) in [7, 11) is 0. The van der Waals surface area contributed by atoms with Crippen LogP contribution < -0.4 is 5.73 Å². The van der Waals surface area contributed by atoms with Crippen LogP contribution >= 0.6 is 0 Å². The summed E-state index contributed by atoms with van der Waals surface area (Å²) in [5.74, 6) is -0.688. The summed E-state index contributed by atoms with van der Waals surface area (Å²) in [6, 6.07) is 0. The van der Waals surface area contributed by atoms with Crippen molar-refractivity contribution in [2.75, 3.05) is 5.73 Å². The van der Waals surface area contributed by atoms with Gasteiger partial charge >= 0.3 is 5.97 Å². The van der Waals surface area contributed by atoms with Crippen molar-refractivity contribution in [1.29, 1.82) is 0 Å². The van der Waals surface area contributed by atoms with Crippen molar-refractivity contribution >= 4 is 11.9 Å². The third kappa shape index (κ3) is 1.83. The number of allylic oxidation sites excluding steroid dienone is 2. The van der Waals surface area contributed by atoms with E-state index >= 15 is 0 Å². The largest absolute Gasteiger partial charge is 0.481 e. The Balaban J connectivity index is 2.26. The maximum atomic E-state index is 11.0. The van der Waals surface area contributed by atoms with Gasteiger partial charge in [-0.3, -0.25) is 9.89 Å². The first kappa shape index (κ1) is 9.70. The van der Waals surface area contributed by atoms with Gasteiger partial charge in [0, 0.05) is 5.92 Å². The normalized spacial score (nSPS) is 25.3. The zero-order valence-corrected chi connectivity index (χ0v) is 8.05. The molecular weight excluding hydrogens is 196 g/mol. The molecule has 1 aromatic heterocycles. The Morgan fingerprint density at radius 2 is 2.27 bits per heavy atom. The predicted octanol–water partition coefficient (Wildman–Crippen LogP) is 0.521. The molecule has 80 valence electrons. The molecule has 6 nitrogen and oxygen atoms in total. The van der Waals surface area contributed by atoms with E-state index in [1.165, 1.54) is 0 Å². The monoisotopic (exact) mass is 208 g/mol. The van der Waals surface area contributed by atoms with E-state index in [1.807, 2.05) is 12.2 Å². The average Bonchev–Trinajstić information content (AvgIpc) is 2.65. The molecule has 2 rings (SSSR count). The van der Waals surface area contributed by atoms with Gasteiger partial charge in [-0.15, -0.1) is 5.10 Å². The molecule has 0 bridgehead atoms. The molecule has 1 heterocycles. The van der Waals surface area contributed by atoms with Crippen molar-refractivity contribution in [2.24, 2.45) is 5.92 Å². The summed E-state index contributed by atoms with van der Waals surface area (Å²) in [6.45, 7) is 0. The van der Waals surface area contributed by atoms with Crippen LogP contribution in [-0.4, -0.2) is 26.3 Å². The number of aromatic nitrogens is 3. The maximum absolute atomic E-state index is 11.0. The van der Waals surface area contributed by atoms with Crippen LogP contribution in [0.4, 0.5) is 5.95 Å². The Hall–Kier alpha value is -1.85. The van der Waals surface area contributed by atoms with E-state index in [4.69, 9.17) is 10.8 Å². The van der Waals surface area contributed by atoms with Gasteiger partial charge in [0.2, 0.25) is 5.95 Å². The van der Waals surface area contributed by atoms with Crippen LogP contribution in [0.25, 0.3) is 0 Å². The van der Waals surface area contributed by atoms with Crippen molar-refractivity contribution < 1.29 is 9.90 Å². The van der Waals surface area contributed by atoms with Crippen molar-refractivity contribution in [1.82, 2.24) is 15.2 Å². The van der Waals surface area contributed by atoms with Crippen LogP contribution in [0.3, 0.4) is 0 Å². The first-order valence-electron chi connectivity index (χ1n) is 4.74. The Morgan fingerprint density at radius 1 is 1.53 bits per heavy atom. The number of aromatic amines is 1. The molecule has 6 heteroatoms. The third-order valence-corrected chi connectivity index (χ3v) is 2.62. The smallest absolute Gasteiger partial charge is 0.307 e. The molecule has 1 aliphatic rings. The molecule has 1 aliphatic carbocycles. The fourth-order valence-corrected chi connectivity index (χ4v) is 1.84. The van der Waals surface area contributed by atoms with Gasteiger partial charge in [-0.25, -0.2) is 0 Å². The van der Waals surface area contributed by atoms with E-state index in [0.29, 0.717) is 18.7 Å². The molecule has 2 atom stereocenters. The zero-order chi connectivity index (χ0) is 10.8. The number of anilines is 1. The zero-order valence-electron chi connectivity index (χ0n) is 8.05. The number of nitrogens with one attached hydrogen (secondary N) is 1. The number of carboxylic acid groups (broad SMARTS) is 1. The Labute approximate surface area is 86.2 Å². The number of rotatable bonds is 2. The highest BCUT2D eigenvalue weighted by atomic mass is 16.4. The van der Waals surface area contributed by atoms with Gasteiger partial charge in [-0.2, -0.15) is 4.98 Å². The van der Waals surface area contributed by atoms with Gasteiger partial charge in [-0.05, 0) is 12.8 Å². The molecule has 0 saturated carbocycles. The second kappa shape index (κ2) is 3.72. The summed E-state index contributed by atoms with van der Waals surface area (Å²) in [6.07, 6.45) is 5.03. The standard InChI is InChI=1S/C9H12N4O2/c10-9-11-7(12-13-9)5-3-1-2-4-6(5)8(14)15/h1-2,5-6H,3-4H2,(H,14,15)(H3,10,11,12,13). The summed E-state index contributed by atoms with van der Waals surface area (Å²) >= 11 is 0. The lowest BCUT2D eigenvalue weighted by Crippen LogP contribution is -2.24. The number of carbonyl (C=O) groups is 1. The molecule has 0 radical (unpaired) electrons. The number of hydrogen-bond acceptors (Lipinski definition) is 4. The van der Waals surface area contributed by atoms with E-state index in [1.54, 1.807) is 0 Å². The number of H-pyrrole nitrogens is 1. The SMILES string of the molecule is Nc1n[nH]c(C2CC=CCC2C(=O)O)n1. The van der Waals surface area contributed by atoms with Crippen LogP contribution in [0, 0.1) is 5.92 Å². The Morgan fingerprint density at radius 3 is 2.87 bits per heavy atom. The van der Waals surface area contributed by atoms with Crippen LogP contribution in [0.1, 0.15) is 24.6 Å². The maximum Gasteiger partial charge on any atom is 0.307 e.